The van der Waals surface area contributed by atoms with E-state index in [1.165, 1.54) is 65.4 Å². The quantitative estimate of drug-likeness (QED) is 0.185. The molecule has 0 aliphatic rings. The number of rotatable bonds is 3. The van der Waals surface area contributed by atoms with Gasteiger partial charge in [0.15, 0.2) is 0 Å². The van der Waals surface area contributed by atoms with E-state index < -0.39 is 0 Å². The third-order valence-electron chi connectivity index (χ3n) is 11.0. The van der Waals surface area contributed by atoms with Gasteiger partial charge in [0.2, 0.25) is 0 Å². The molecule has 4 aromatic heterocycles. The lowest BCUT2D eigenvalue weighted by atomic mass is 10.1. The summed E-state index contributed by atoms with van der Waals surface area (Å²) in [6.07, 6.45) is 0. The molecule has 0 atom stereocenters. The second kappa shape index (κ2) is 10.3. The molecule has 8 aromatic carbocycles. The van der Waals surface area contributed by atoms with E-state index in [1.54, 1.807) is 0 Å². The highest BCUT2D eigenvalue weighted by molar-refractivity contribution is 6.19. The maximum Gasteiger partial charge on any atom is 0.135 e. The minimum absolute atomic E-state index is 0.901. The molecule has 0 aliphatic carbocycles. The number of hydrogen-bond donors (Lipinski definition) is 0. The first-order chi connectivity index (χ1) is 25.8. The SMILES string of the molecule is c1ccc2c(c1)oc1ccc(-n3c4ccccc4c4cc5c6ccccc6n(-c6ccc(-n7c8ccccc8c8ccccc87)cc6)c5cc43)cc12. The smallest absolute Gasteiger partial charge is 0.135 e. The Balaban J connectivity index is 1.11. The molecule has 0 amide bonds. The van der Waals surface area contributed by atoms with Gasteiger partial charge in [0.05, 0.1) is 33.1 Å². The van der Waals surface area contributed by atoms with E-state index in [1.807, 2.05) is 12.1 Å². The van der Waals surface area contributed by atoms with E-state index in [0.29, 0.717) is 0 Å². The van der Waals surface area contributed by atoms with Crippen LogP contribution >= 0.6 is 0 Å². The van der Waals surface area contributed by atoms with E-state index in [9.17, 15) is 0 Å². The summed E-state index contributed by atoms with van der Waals surface area (Å²) in [5.74, 6) is 0. The van der Waals surface area contributed by atoms with Crippen molar-refractivity contribution in [3.05, 3.63) is 176 Å². The third kappa shape index (κ3) is 3.70. The van der Waals surface area contributed by atoms with Gasteiger partial charge in [0.25, 0.3) is 0 Å². The van der Waals surface area contributed by atoms with Crippen LogP contribution < -0.4 is 0 Å². The van der Waals surface area contributed by atoms with Crippen LogP contribution in [-0.2, 0) is 0 Å². The number of benzene rings is 8. The zero-order chi connectivity index (χ0) is 33.9. The van der Waals surface area contributed by atoms with Crippen LogP contribution in [0, 0.1) is 0 Å². The Hall–Kier alpha value is -7.04. The van der Waals surface area contributed by atoms with Crippen molar-refractivity contribution in [1.82, 2.24) is 13.7 Å². The highest BCUT2D eigenvalue weighted by Gasteiger charge is 2.20. The molecule has 52 heavy (non-hydrogen) atoms. The van der Waals surface area contributed by atoms with Gasteiger partial charge in [-0.15, -0.1) is 0 Å². The minimum atomic E-state index is 0.901. The van der Waals surface area contributed by atoms with Crippen molar-refractivity contribution in [2.75, 3.05) is 0 Å². The number of hydrogen-bond acceptors (Lipinski definition) is 1. The lowest BCUT2D eigenvalue weighted by Crippen LogP contribution is -1.98. The van der Waals surface area contributed by atoms with Gasteiger partial charge < -0.3 is 18.1 Å². The molecule has 0 unspecified atom stereocenters. The second-order valence-corrected chi connectivity index (χ2v) is 13.8. The first kappa shape index (κ1) is 27.7. The zero-order valence-electron chi connectivity index (χ0n) is 28.0. The molecule has 12 aromatic rings. The van der Waals surface area contributed by atoms with Crippen molar-refractivity contribution in [1.29, 1.82) is 0 Å². The summed E-state index contributed by atoms with van der Waals surface area (Å²) in [6, 6.07) is 63.6. The van der Waals surface area contributed by atoms with Crippen molar-refractivity contribution in [2.24, 2.45) is 0 Å². The molecule has 4 heteroatoms. The molecule has 0 bridgehead atoms. The second-order valence-electron chi connectivity index (χ2n) is 13.8. The Bertz CT molecular complexity index is 3350. The molecule has 0 aliphatic heterocycles. The number of para-hydroxylation sites is 5. The van der Waals surface area contributed by atoms with Crippen LogP contribution in [0.1, 0.15) is 0 Å². The predicted molar refractivity (Wildman–Crippen MR) is 217 cm³/mol. The molecule has 12 rings (SSSR count). The van der Waals surface area contributed by atoms with Gasteiger partial charge in [-0.2, -0.15) is 0 Å². The normalized spacial score (nSPS) is 12.2. The van der Waals surface area contributed by atoms with Gasteiger partial charge in [-0.3, -0.25) is 0 Å². The lowest BCUT2D eigenvalue weighted by Gasteiger charge is -2.12. The molecule has 0 spiro atoms. The number of furan rings is 1. The minimum Gasteiger partial charge on any atom is -0.456 e. The van der Waals surface area contributed by atoms with E-state index in [-0.39, 0.29) is 0 Å². The van der Waals surface area contributed by atoms with Crippen LogP contribution in [0.4, 0.5) is 0 Å². The Morgan fingerprint density at radius 3 is 1.17 bits per heavy atom. The zero-order valence-corrected chi connectivity index (χ0v) is 28.0. The van der Waals surface area contributed by atoms with Crippen molar-refractivity contribution in [3.8, 4) is 17.1 Å². The van der Waals surface area contributed by atoms with Crippen molar-refractivity contribution in [3.63, 3.8) is 0 Å². The molecule has 4 nitrogen and oxygen atoms in total. The first-order valence-electron chi connectivity index (χ1n) is 17.8. The first-order valence-corrected chi connectivity index (χ1v) is 17.8. The average molecular weight is 664 g/mol. The van der Waals surface area contributed by atoms with E-state index in [0.717, 1.165) is 39.0 Å². The Morgan fingerprint density at radius 2 is 0.635 bits per heavy atom. The fourth-order valence-electron chi connectivity index (χ4n) is 8.79. The van der Waals surface area contributed by atoms with Crippen LogP contribution in [0.2, 0.25) is 0 Å². The predicted octanol–water partition coefficient (Wildman–Crippen LogP) is 12.9. The van der Waals surface area contributed by atoms with Gasteiger partial charge in [-0.05, 0) is 84.9 Å². The van der Waals surface area contributed by atoms with Crippen LogP contribution in [0.15, 0.2) is 180 Å². The summed E-state index contributed by atoms with van der Waals surface area (Å²) < 4.78 is 13.4. The number of nitrogens with zero attached hydrogens (tertiary/aromatic N) is 3. The fourth-order valence-corrected chi connectivity index (χ4v) is 8.79. The summed E-state index contributed by atoms with van der Waals surface area (Å²) in [5.41, 5.74) is 12.4. The van der Waals surface area contributed by atoms with Crippen LogP contribution in [0.3, 0.4) is 0 Å². The maximum atomic E-state index is 6.22. The summed E-state index contributed by atoms with van der Waals surface area (Å²) in [4.78, 5) is 0. The van der Waals surface area contributed by atoms with E-state index in [4.69, 9.17) is 4.42 Å². The maximum absolute atomic E-state index is 6.22. The van der Waals surface area contributed by atoms with Crippen molar-refractivity contribution < 1.29 is 4.42 Å². The molecule has 4 heterocycles. The third-order valence-corrected chi connectivity index (χ3v) is 11.0. The summed E-state index contributed by atoms with van der Waals surface area (Å²) in [6.45, 7) is 0. The van der Waals surface area contributed by atoms with Crippen molar-refractivity contribution in [2.45, 2.75) is 0 Å². The van der Waals surface area contributed by atoms with Crippen LogP contribution in [0.5, 0.6) is 0 Å². The molecule has 0 saturated heterocycles. The summed E-state index contributed by atoms with van der Waals surface area (Å²) in [7, 11) is 0. The molecule has 242 valence electrons. The fraction of sp³-hybridized carbons (Fsp3) is 0. The largest absolute Gasteiger partial charge is 0.456 e. The molecule has 0 fully saturated rings. The van der Waals surface area contributed by atoms with Gasteiger partial charge in [-0.25, -0.2) is 0 Å². The van der Waals surface area contributed by atoms with Crippen LogP contribution in [-0.4, -0.2) is 13.7 Å². The monoisotopic (exact) mass is 663 g/mol. The molecular formula is C48H29N3O. The highest BCUT2D eigenvalue weighted by Crippen LogP contribution is 2.41. The number of aromatic nitrogens is 3. The Kier molecular flexibility index (Phi) is 5.47. The van der Waals surface area contributed by atoms with E-state index >= 15 is 0 Å². The molecule has 0 saturated carbocycles. The molecular weight excluding hydrogens is 635 g/mol. The van der Waals surface area contributed by atoms with Gasteiger partial charge in [0.1, 0.15) is 11.2 Å². The summed E-state index contributed by atoms with van der Waals surface area (Å²) >= 11 is 0. The van der Waals surface area contributed by atoms with Crippen LogP contribution in [0.25, 0.3) is 104 Å². The van der Waals surface area contributed by atoms with E-state index in [2.05, 4.69) is 177 Å². The highest BCUT2D eigenvalue weighted by atomic mass is 16.3. The lowest BCUT2D eigenvalue weighted by molar-refractivity contribution is 0.669. The number of fused-ring (bicyclic) bond motifs is 12. The average Bonchev–Trinajstić information content (AvgIpc) is 3.93. The van der Waals surface area contributed by atoms with Crippen molar-refractivity contribution >= 4 is 87.4 Å². The van der Waals surface area contributed by atoms with Gasteiger partial charge >= 0.3 is 0 Å². The van der Waals surface area contributed by atoms with Gasteiger partial charge in [-0.1, -0.05) is 91.0 Å². The summed E-state index contributed by atoms with van der Waals surface area (Å²) in [5, 5.41) is 9.76. The topological polar surface area (TPSA) is 27.9 Å². The Morgan fingerprint density at radius 1 is 0.250 bits per heavy atom. The van der Waals surface area contributed by atoms with Gasteiger partial charge in [0, 0.05) is 60.2 Å². The molecule has 0 N–H and O–H groups in total. The molecule has 0 radical (unpaired) electrons. The standard InChI is InChI=1S/C48H29N3O/c1-6-16-41-33(11-1)34-12-2-7-17-42(34)49(41)30-21-23-31(24-22-30)50-43-18-8-3-13-35(43)38-28-39-36-14-4-9-19-44(36)51(46(39)29-45(38)50)32-25-26-48-40(27-32)37-15-5-10-20-47(37)52-48/h1-29H. The Labute approximate surface area is 297 Å².